The van der Waals surface area contributed by atoms with Gasteiger partial charge < -0.3 is 19.9 Å². The van der Waals surface area contributed by atoms with Gasteiger partial charge in [-0.15, -0.1) is 0 Å². The molecule has 0 unspecified atom stereocenters. The molecule has 0 aromatic heterocycles. The number of carbonyl (C=O) groups excluding carboxylic acids is 1. The number of ether oxygens (including phenoxy) is 1. The van der Waals surface area contributed by atoms with E-state index in [2.05, 4.69) is 17.3 Å². The monoisotopic (exact) mass is 299 g/mol. The van der Waals surface area contributed by atoms with Gasteiger partial charge in [0.15, 0.2) is 0 Å². The SMILES string of the molecule is CN1CCC(CNCCCN(C)C(=O)OC(C)(C)C)CC1. The second-order valence-corrected chi connectivity index (χ2v) is 7.21. The summed E-state index contributed by atoms with van der Waals surface area (Å²) in [7, 11) is 3.99. The molecule has 0 aromatic rings. The molecule has 5 nitrogen and oxygen atoms in total. The van der Waals surface area contributed by atoms with Crippen LogP contribution in [0.25, 0.3) is 0 Å². The molecule has 0 atom stereocenters. The van der Waals surface area contributed by atoms with Crippen LogP contribution in [-0.2, 0) is 4.74 Å². The van der Waals surface area contributed by atoms with E-state index in [-0.39, 0.29) is 6.09 Å². The number of piperidine rings is 1. The third-order valence-corrected chi connectivity index (χ3v) is 3.82. The lowest BCUT2D eigenvalue weighted by Gasteiger charge is -2.29. The van der Waals surface area contributed by atoms with Crippen molar-refractivity contribution in [1.82, 2.24) is 15.1 Å². The van der Waals surface area contributed by atoms with Gasteiger partial charge in [-0.1, -0.05) is 0 Å². The first kappa shape index (κ1) is 18.2. The molecule has 124 valence electrons. The van der Waals surface area contributed by atoms with Crippen LogP contribution in [0.5, 0.6) is 0 Å². The molecule has 1 aliphatic rings. The number of nitrogens with one attached hydrogen (secondary N) is 1. The van der Waals surface area contributed by atoms with Crippen molar-refractivity contribution < 1.29 is 9.53 Å². The zero-order chi connectivity index (χ0) is 15.9. The number of likely N-dealkylation sites (tertiary alicyclic amines) is 1. The van der Waals surface area contributed by atoms with Crippen LogP contribution in [0, 0.1) is 5.92 Å². The van der Waals surface area contributed by atoms with E-state index in [4.69, 9.17) is 4.74 Å². The average molecular weight is 299 g/mol. The van der Waals surface area contributed by atoms with Crippen LogP contribution < -0.4 is 5.32 Å². The predicted molar refractivity (Wildman–Crippen MR) is 86.6 cm³/mol. The maximum absolute atomic E-state index is 11.8. The lowest BCUT2D eigenvalue weighted by atomic mass is 9.97. The number of hydrogen-bond acceptors (Lipinski definition) is 4. The molecular formula is C16H33N3O2. The zero-order valence-electron chi connectivity index (χ0n) is 14.4. The molecule has 1 saturated heterocycles. The maximum Gasteiger partial charge on any atom is 0.410 e. The second-order valence-electron chi connectivity index (χ2n) is 7.21. The van der Waals surface area contributed by atoms with Gasteiger partial charge in [0.25, 0.3) is 0 Å². The molecule has 0 bridgehead atoms. The summed E-state index contributed by atoms with van der Waals surface area (Å²) in [6.45, 7) is 10.9. The summed E-state index contributed by atoms with van der Waals surface area (Å²) in [6, 6.07) is 0. The Balaban J connectivity index is 2.04. The lowest BCUT2D eigenvalue weighted by molar-refractivity contribution is 0.0297. The molecule has 1 amide bonds. The number of rotatable bonds is 6. The van der Waals surface area contributed by atoms with E-state index in [1.165, 1.54) is 25.9 Å². The zero-order valence-corrected chi connectivity index (χ0v) is 14.4. The molecule has 1 N–H and O–H groups in total. The van der Waals surface area contributed by atoms with Gasteiger partial charge in [-0.05, 0) is 79.2 Å². The minimum Gasteiger partial charge on any atom is -0.444 e. The minimum absolute atomic E-state index is 0.238. The van der Waals surface area contributed by atoms with Crippen molar-refractivity contribution in [3.05, 3.63) is 0 Å². The average Bonchev–Trinajstić information content (AvgIpc) is 2.38. The van der Waals surface area contributed by atoms with Gasteiger partial charge in [-0.3, -0.25) is 0 Å². The van der Waals surface area contributed by atoms with Gasteiger partial charge in [0.05, 0.1) is 0 Å². The second kappa shape index (κ2) is 8.59. The Morgan fingerprint density at radius 2 is 1.95 bits per heavy atom. The van der Waals surface area contributed by atoms with Gasteiger partial charge in [-0.2, -0.15) is 0 Å². The van der Waals surface area contributed by atoms with Crippen LogP contribution in [0.4, 0.5) is 4.79 Å². The number of amides is 1. The van der Waals surface area contributed by atoms with Gasteiger partial charge in [-0.25, -0.2) is 4.79 Å². The summed E-state index contributed by atoms with van der Waals surface area (Å²) in [6.07, 6.45) is 3.31. The highest BCUT2D eigenvalue weighted by molar-refractivity contribution is 5.67. The van der Waals surface area contributed by atoms with E-state index in [0.717, 1.165) is 32.0 Å². The van der Waals surface area contributed by atoms with E-state index >= 15 is 0 Å². The van der Waals surface area contributed by atoms with Crippen molar-refractivity contribution >= 4 is 6.09 Å². The molecule has 5 heteroatoms. The summed E-state index contributed by atoms with van der Waals surface area (Å²) >= 11 is 0. The number of nitrogens with zero attached hydrogens (tertiary/aromatic N) is 2. The van der Waals surface area contributed by atoms with Gasteiger partial charge in [0.2, 0.25) is 0 Å². The summed E-state index contributed by atoms with van der Waals surface area (Å²) in [5.74, 6) is 0.810. The van der Waals surface area contributed by atoms with E-state index in [1.807, 2.05) is 20.8 Å². The third-order valence-electron chi connectivity index (χ3n) is 3.82. The Hall–Kier alpha value is -0.810. The quantitative estimate of drug-likeness (QED) is 0.764. The first-order chi connectivity index (χ1) is 9.78. The Morgan fingerprint density at radius 3 is 2.52 bits per heavy atom. The van der Waals surface area contributed by atoms with Crippen molar-refractivity contribution in [2.45, 2.75) is 45.6 Å². The smallest absolute Gasteiger partial charge is 0.410 e. The predicted octanol–water partition coefficient (Wildman–Crippen LogP) is 2.17. The fraction of sp³-hybridized carbons (Fsp3) is 0.938. The van der Waals surface area contributed by atoms with Crippen LogP contribution in [-0.4, -0.2) is 68.3 Å². The Labute approximate surface area is 130 Å². The Kier molecular flexibility index (Phi) is 7.46. The van der Waals surface area contributed by atoms with Crippen molar-refractivity contribution in [3.63, 3.8) is 0 Å². The highest BCUT2D eigenvalue weighted by Crippen LogP contribution is 2.14. The molecule has 0 saturated carbocycles. The lowest BCUT2D eigenvalue weighted by Crippen LogP contribution is -2.37. The van der Waals surface area contributed by atoms with Crippen LogP contribution >= 0.6 is 0 Å². The molecule has 1 aliphatic heterocycles. The molecular weight excluding hydrogens is 266 g/mol. The fourth-order valence-electron chi connectivity index (χ4n) is 2.44. The van der Waals surface area contributed by atoms with Crippen LogP contribution in [0.2, 0.25) is 0 Å². The molecule has 1 fully saturated rings. The molecule has 0 radical (unpaired) electrons. The van der Waals surface area contributed by atoms with Gasteiger partial charge in [0.1, 0.15) is 5.60 Å². The van der Waals surface area contributed by atoms with Crippen molar-refractivity contribution in [3.8, 4) is 0 Å². The van der Waals surface area contributed by atoms with Gasteiger partial charge >= 0.3 is 6.09 Å². The van der Waals surface area contributed by atoms with Crippen LogP contribution in [0.15, 0.2) is 0 Å². The highest BCUT2D eigenvalue weighted by Gasteiger charge is 2.19. The van der Waals surface area contributed by atoms with E-state index in [9.17, 15) is 4.79 Å². The summed E-state index contributed by atoms with van der Waals surface area (Å²) < 4.78 is 5.32. The standard InChI is InChI=1S/C16H33N3O2/c1-16(2,3)21-15(20)19(5)10-6-9-17-13-14-7-11-18(4)12-8-14/h14,17H,6-13H2,1-5H3. The highest BCUT2D eigenvalue weighted by atomic mass is 16.6. The fourth-order valence-corrected chi connectivity index (χ4v) is 2.44. The van der Waals surface area contributed by atoms with E-state index in [0.29, 0.717) is 0 Å². The number of hydrogen-bond donors (Lipinski definition) is 1. The third kappa shape index (κ3) is 8.27. The first-order valence-corrected chi connectivity index (χ1v) is 8.11. The van der Waals surface area contributed by atoms with E-state index in [1.54, 1.807) is 11.9 Å². The van der Waals surface area contributed by atoms with Crippen molar-refractivity contribution in [2.75, 3.05) is 46.8 Å². The topological polar surface area (TPSA) is 44.8 Å². The Bertz CT molecular complexity index is 307. The largest absolute Gasteiger partial charge is 0.444 e. The molecule has 1 rings (SSSR count). The molecule has 1 heterocycles. The van der Waals surface area contributed by atoms with Gasteiger partial charge in [0, 0.05) is 13.6 Å². The van der Waals surface area contributed by atoms with E-state index < -0.39 is 5.60 Å². The maximum atomic E-state index is 11.8. The Morgan fingerprint density at radius 1 is 1.33 bits per heavy atom. The van der Waals surface area contributed by atoms with Crippen molar-refractivity contribution in [2.24, 2.45) is 5.92 Å². The summed E-state index contributed by atoms with van der Waals surface area (Å²) in [5.41, 5.74) is -0.419. The van der Waals surface area contributed by atoms with Crippen LogP contribution in [0.3, 0.4) is 0 Å². The minimum atomic E-state index is -0.419. The normalized spacial score (nSPS) is 17.8. The molecule has 0 spiro atoms. The summed E-state index contributed by atoms with van der Waals surface area (Å²) in [4.78, 5) is 15.8. The molecule has 0 aliphatic carbocycles. The number of carbonyl (C=O) groups is 1. The summed E-state index contributed by atoms with van der Waals surface area (Å²) in [5, 5.41) is 3.52. The molecule has 21 heavy (non-hydrogen) atoms. The van der Waals surface area contributed by atoms with Crippen molar-refractivity contribution in [1.29, 1.82) is 0 Å². The van der Waals surface area contributed by atoms with Crippen LogP contribution in [0.1, 0.15) is 40.0 Å². The first-order valence-electron chi connectivity index (χ1n) is 8.11. The molecule has 0 aromatic carbocycles.